The fraction of sp³-hybridized carbons (Fsp3) is 0.214. The number of hydrogen-bond acceptors (Lipinski definition) is 7. The summed E-state index contributed by atoms with van der Waals surface area (Å²) in [5.41, 5.74) is 4.07. The van der Waals surface area contributed by atoms with Crippen LogP contribution < -0.4 is 4.74 Å². The number of oxime groups is 1. The fourth-order valence-electron chi connectivity index (χ4n) is 4.47. The molecule has 0 saturated heterocycles. The molecule has 198 valence electrons. The van der Waals surface area contributed by atoms with E-state index in [1.165, 1.54) is 12.3 Å². The summed E-state index contributed by atoms with van der Waals surface area (Å²) in [5, 5.41) is 18.9. The molecule has 6 rings (SSSR count). The summed E-state index contributed by atoms with van der Waals surface area (Å²) >= 11 is 19.5. The molecular formula is C28H20Cl3N3O5. The Morgan fingerprint density at radius 3 is 2.51 bits per heavy atom. The van der Waals surface area contributed by atoms with Crippen molar-refractivity contribution in [2.24, 2.45) is 5.16 Å². The highest BCUT2D eigenvalue weighted by molar-refractivity contribution is 6.39. The number of hydrogen-bond donors (Lipinski definition) is 1. The number of ether oxygens (including phenoxy) is 1. The summed E-state index contributed by atoms with van der Waals surface area (Å²) in [5.74, 6) is 0.574. The second-order valence-electron chi connectivity index (χ2n) is 9.29. The minimum absolute atomic E-state index is 0.0361. The van der Waals surface area contributed by atoms with Gasteiger partial charge in [-0.3, -0.25) is 0 Å². The van der Waals surface area contributed by atoms with Crippen molar-refractivity contribution in [3.63, 3.8) is 0 Å². The average Bonchev–Trinajstić information content (AvgIpc) is 3.50. The second kappa shape index (κ2) is 10.5. The van der Waals surface area contributed by atoms with E-state index in [1.54, 1.807) is 30.3 Å². The quantitative estimate of drug-likeness (QED) is 0.226. The highest BCUT2D eigenvalue weighted by Crippen LogP contribution is 2.46. The van der Waals surface area contributed by atoms with Crippen LogP contribution in [0.25, 0.3) is 11.3 Å². The zero-order chi connectivity index (χ0) is 27.1. The predicted molar refractivity (Wildman–Crippen MR) is 146 cm³/mol. The molecule has 11 heteroatoms. The molecule has 4 aromatic rings. The number of aromatic nitrogens is 2. The van der Waals surface area contributed by atoms with E-state index in [4.69, 9.17) is 54.0 Å². The van der Waals surface area contributed by atoms with Crippen LogP contribution in [0.1, 0.15) is 64.2 Å². The maximum atomic E-state index is 11.0. The first-order chi connectivity index (χ1) is 18.9. The molecule has 2 aromatic heterocycles. The normalized spacial score (nSPS) is 16.6. The fourth-order valence-corrected chi connectivity index (χ4v) is 5.34. The number of carbonyl (C=O) groups is 1. The molecular weight excluding hydrogens is 565 g/mol. The van der Waals surface area contributed by atoms with Crippen LogP contribution >= 0.6 is 34.8 Å². The first-order valence-corrected chi connectivity index (χ1v) is 13.3. The topological polar surface area (TPSA) is 107 Å². The van der Waals surface area contributed by atoms with Crippen LogP contribution in [0.4, 0.5) is 0 Å². The molecule has 3 heterocycles. The summed E-state index contributed by atoms with van der Waals surface area (Å²) in [6.45, 7) is 0.203. The van der Waals surface area contributed by atoms with Crippen LogP contribution in [0.5, 0.6) is 5.75 Å². The molecule has 8 nitrogen and oxygen atoms in total. The molecule has 0 radical (unpaired) electrons. The van der Waals surface area contributed by atoms with Gasteiger partial charge in [0.25, 0.3) is 0 Å². The van der Waals surface area contributed by atoms with E-state index < -0.39 is 12.1 Å². The van der Waals surface area contributed by atoms with Gasteiger partial charge in [0.05, 0.1) is 26.3 Å². The first kappa shape index (κ1) is 25.7. The lowest BCUT2D eigenvalue weighted by Crippen LogP contribution is -2.05. The molecule has 0 spiro atoms. The zero-order valence-electron chi connectivity index (χ0n) is 20.2. The van der Waals surface area contributed by atoms with Gasteiger partial charge in [0.15, 0.2) is 6.10 Å². The molecule has 1 aliphatic heterocycles. The lowest BCUT2D eigenvalue weighted by atomic mass is 10.0. The van der Waals surface area contributed by atoms with Gasteiger partial charge in [0, 0.05) is 35.2 Å². The molecule has 39 heavy (non-hydrogen) atoms. The van der Waals surface area contributed by atoms with Crippen molar-refractivity contribution in [1.82, 2.24) is 10.1 Å². The van der Waals surface area contributed by atoms with E-state index >= 15 is 0 Å². The van der Waals surface area contributed by atoms with Crippen molar-refractivity contribution in [3.05, 3.63) is 97.9 Å². The van der Waals surface area contributed by atoms with Crippen LogP contribution in [0.2, 0.25) is 15.1 Å². The standard InChI is InChI=1S/C28H20Cl3N3O5/c29-19-2-1-3-20(30)25(19)26-18(27(39-34-26)14-4-5-14)13-37-16-7-8-17(21(31)10-16)24-11-23(33-38-24)15-6-9-22(28(35)36)32-12-15/h1-3,6-10,12,14,24H,4-5,11,13H2,(H,35,36). The monoisotopic (exact) mass is 583 g/mol. The molecule has 2 aliphatic rings. The summed E-state index contributed by atoms with van der Waals surface area (Å²) in [7, 11) is 0. The number of benzene rings is 2. The highest BCUT2D eigenvalue weighted by Gasteiger charge is 2.34. The third-order valence-electron chi connectivity index (χ3n) is 6.65. The Bertz CT molecular complexity index is 1580. The predicted octanol–water partition coefficient (Wildman–Crippen LogP) is 7.72. The van der Waals surface area contributed by atoms with Gasteiger partial charge in [-0.05, 0) is 49.2 Å². The minimum atomic E-state index is -1.09. The maximum absolute atomic E-state index is 11.0. The van der Waals surface area contributed by atoms with E-state index in [-0.39, 0.29) is 12.3 Å². The van der Waals surface area contributed by atoms with Gasteiger partial charge >= 0.3 is 5.97 Å². The Hall–Kier alpha value is -3.59. The number of halogens is 3. The van der Waals surface area contributed by atoms with Crippen molar-refractivity contribution in [1.29, 1.82) is 0 Å². The molecule has 1 unspecified atom stereocenters. The van der Waals surface area contributed by atoms with E-state index in [1.807, 2.05) is 12.1 Å². The SMILES string of the molecule is O=C(O)c1ccc(C2=NOC(c3ccc(OCc4c(-c5c(Cl)cccc5Cl)noc4C4CC4)cc3Cl)C2)cn1. The van der Waals surface area contributed by atoms with Gasteiger partial charge in [-0.15, -0.1) is 0 Å². The zero-order valence-corrected chi connectivity index (χ0v) is 22.5. The number of carboxylic acids is 1. The van der Waals surface area contributed by atoms with Crippen molar-refractivity contribution in [2.75, 3.05) is 0 Å². The smallest absolute Gasteiger partial charge is 0.354 e. The lowest BCUT2D eigenvalue weighted by molar-refractivity contribution is 0.0690. The molecule has 0 bridgehead atoms. The average molecular weight is 585 g/mol. The Labute approximate surface area is 238 Å². The molecule has 1 atom stereocenters. The third kappa shape index (κ3) is 5.20. The van der Waals surface area contributed by atoms with Crippen LogP contribution in [0.15, 0.2) is 64.4 Å². The van der Waals surface area contributed by atoms with E-state index in [9.17, 15) is 4.79 Å². The third-order valence-corrected chi connectivity index (χ3v) is 7.61. The second-order valence-corrected chi connectivity index (χ2v) is 10.5. The number of carboxylic acid groups (broad SMARTS) is 1. The molecule has 1 fully saturated rings. The van der Waals surface area contributed by atoms with E-state index in [0.717, 1.165) is 29.7 Å². The van der Waals surface area contributed by atoms with Gasteiger partial charge in [-0.1, -0.05) is 57.2 Å². The van der Waals surface area contributed by atoms with Gasteiger partial charge < -0.3 is 19.2 Å². The Kier molecular flexibility index (Phi) is 6.93. The van der Waals surface area contributed by atoms with Crippen LogP contribution in [-0.2, 0) is 11.4 Å². The van der Waals surface area contributed by atoms with E-state index in [2.05, 4.69) is 15.3 Å². The molecule has 0 amide bonds. The molecule has 1 N–H and O–H groups in total. The van der Waals surface area contributed by atoms with Gasteiger partial charge in [0.2, 0.25) is 0 Å². The summed E-state index contributed by atoms with van der Waals surface area (Å²) in [6.07, 6.45) is 3.60. The van der Waals surface area contributed by atoms with Crippen LogP contribution in [0, 0.1) is 0 Å². The van der Waals surface area contributed by atoms with Crippen molar-refractivity contribution < 1.29 is 24.0 Å². The van der Waals surface area contributed by atoms with Crippen molar-refractivity contribution in [3.8, 4) is 17.0 Å². The number of aromatic carboxylic acids is 1. The Balaban J connectivity index is 1.17. The summed E-state index contributed by atoms with van der Waals surface area (Å²) in [4.78, 5) is 20.6. The molecule has 1 saturated carbocycles. The Morgan fingerprint density at radius 2 is 1.85 bits per heavy atom. The number of nitrogens with zero attached hydrogens (tertiary/aromatic N) is 3. The van der Waals surface area contributed by atoms with Gasteiger partial charge in [0.1, 0.15) is 29.5 Å². The maximum Gasteiger partial charge on any atom is 0.354 e. The Morgan fingerprint density at radius 1 is 1.05 bits per heavy atom. The highest BCUT2D eigenvalue weighted by atomic mass is 35.5. The van der Waals surface area contributed by atoms with Crippen molar-refractivity contribution in [2.45, 2.75) is 37.9 Å². The van der Waals surface area contributed by atoms with Crippen molar-refractivity contribution >= 4 is 46.5 Å². The first-order valence-electron chi connectivity index (χ1n) is 12.2. The number of rotatable bonds is 8. The van der Waals surface area contributed by atoms with Crippen LogP contribution in [-0.4, -0.2) is 26.9 Å². The van der Waals surface area contributed by atoms with E-state index in [0.29, 0.717) is 55.7 Å². The van der Waals surface area contributed by atoms with Gasteiger partial charge in [-0.2, -0.15) is 0 Å². The number of pyridine rings is 1. The molecule has 2 aromatic carbocycles. The summed E-state index contributed by atoms with van der Waals surface area (Å²) in [6, 6.07) is 13.8. The molecule has 1 aliphatic carbocycles. The minimum Gasteiger partial charge on any atom is -0.489 e. The van der Waals surface area contributed by atoms with Crippen LogP contribution in [0.3, 0.4) is 0 Å². The van der Waals surface area contributed by atoms with Gasteiger partial charge in [-0.25, -0.2) is 9.78 Å². The summed E-state index contributed by atoms with van der Waals surface area (Å²) < 4.78 is 11.8. The largest absolute Gasteiger partial charge is 0.489 e. The lowest BCUT2D eigenvalue weighted by Gasteiger charge is -2.13.